The normalized spacial score (nSPS) is 7.33. The average Bonchev–Trinajstić information content (AvgIpc) is 1.35. The first-order valence-corrected chi connectivity index (χ1v) is 1.59. The van der Waals surface area contributed by atoms with E-state index >= 15 is 0 Å². The molecule has 6 heavy (non-hydrogen) atoms. The minimum absolute atomic E-state index is 0.0463. The smallest absolute Gasteiger partial charge is 0.0959 e. The van der Waals surface area contributed by atoms with E-state index in [1.807, 2.05) is 0 Å². The van der Waals surface area contributed by atoms with Gasteiger partial charge in [-0.3, -0.25) is 5.41 Å². The van der Waals surface area contributed by atoms with Crippen LogP contribution in [-0.4, -0.2) is 12.1 Å². The molecule has 0 atom stereocenters. The zero-order chi connectivity index (χ0) is 4.99. The van der Waals surface area contributed by atoms with Gasteiger partial charge in [0.1, 0.15) is 0 Å². The maximum atomic E-state index is 6.52. The molecule has 0 aromatic heterocycles. The van der Waals surface area contributed by atoms with E-state index in [1.54, 1.807) is 0 Å². The van der Waals surface area contributed by atoms with Crippen molar-refractivity contribution in [3.8, 4) is 0 Å². The van der Waals surface area contributed by atoms with Crippen LogP contribution in [0.15, 0.2) is 0 Å². The van der Waals surface area contributed by atoms with Crippen LogP contribution in [0.3, 0.4) is 0 Å². The monoisotopic (exact) mass is 85.1 g/mol. The summed E-state index contributed by atoms with van der Waals surface area (Å²) in [6, 6.07) is 0. The molecule has 0 spiro atoms. The van der Waals surface area contributed by atoms with Crippen LogP contribution >= 0.6 is 0 Å². The van der Waals surface area contributed by atoms with Gasteiger partial charge in [0.2, 0.25) is 0 Å². The van der Waals surface area contributed by atoms with Crippen LogP contribution in [0.25, 0.3) is 0 Å². The third-order valence-corrected chi connectivity index (χ3v) is 0.322. The van der Waals surface area contributed by atoms with Gasteiger partial charge in [-0.05, 0) is 0 Å². The molecule has 0 radical (unpaired) electrons. The largest absolute Gasteiger partial charge is 0.387 e. The van der Waals surface area contributed by atoms with Crippen molar-refractivity contribution in [2.24, 2.45) is 5.73 Å². The second-order valence-corrected chi connectivity index (χ2v) is 0.933. The van der Waals surface area contributed by atoms with Crippen molar-refractivity contribution in [1.82, 2.24) is 0 Å². The Morgan fingerprint density at radius 3 is 2.33 bits per heavy atom. The fraction of sp³-hybridized carbons (Fsp3) is 0.333. The molecule has 0 unspecified atom stereocenters. The summed E-state index contributed by atoms with van der Waals surface area (Å²) in [7, 11) is 0. The Balaban J connectivity index is 3.05. The van der Waals surface area contributed by atoms with Gasteiger partial charge < -0.3 is 11.1 Å². The topological polar surface area (TPSA) is 73.7 Å². The van der Waals surface area contributed by atoms with Crippen molar-refractivity contribution >= 4 is 12.1 Å². The van der Waals surface area contributed by atoms with Gasteiger partial charge >= 0.3 is 0 Å². The third kappa shape index (κ3) is 3.14. The Labute approximate surface area is 36.2 Å². The van der Waals surface area contributed by atoms with E-state index < -0.39 is 0 Å². The molecule has 3 heteroatoms. The van der Waals surface area contributed by atoms with Crippen molar-refractivity contribution in [3.05, 3.63) is 0 Å². The van der Waals surface area contributed by atoms with E-state index in [0.717, 1.165) is 6.21 Å². The highest BCUT2D eigenvalue weighted by Crippen LogP contribution is 1.62. The number of rotatable bonds is 2. The van der Waals surface area contributed by atoms with Crippen molar-refractivity contribution in [2.45, 2.75) is 6.42 Å². The zero-order valence-electron chi connectivity index (χ0n) is 3.36. The number of nitrogens with one attached hydrogen (secondary N) is 2. The Morgan fingerprint density at radius 2 is 2.33 bits per heavy atom. The van der Waals surface area contributed by atoms with Gasteiger partial charge in [-0.15, -0.1) is 0 Å². The van der Waals surface area contributed by atoms with E-state index in [4.69, 9.17) is 16.6 Å². The van der Waals surface area contributed by atoms with Crippen molar-refractivity contribution in [3.63, 3.8) is 0 Å². The molecule has 0 saturated carbocycles. The standard InChI is InChI=1S/C3H7N3/c4-2-1-3(5)6/h2,4H,1H2,(H3,5,6). The summed E-state index contributed by atoms with van der Waals surface area (Å²) in [6.07, 6.45) is 1.38. The molecular weight excluding hydrogens is 78.1 g/mol. The Morgan fingerprint density at radius 1 is 1.83 bits per heavy atom. The first-order chi connectivity index (χ1) is 2.77. The minimum atomic E-state index is 0.0463. The summed E-state index contributed by atoms with van der Waals surface area (Å²) in [5.41, 5.74) is 4.84. The molecule has 0 rings (SSSR count). The summed E-state index contributed by atoms with van der Waals surface area (Å²) in [6.45, 7) is 0. The molecule has 3 nitrogen and oxygen atoms in total. The second kappa shape index (κ2) is 2.38. The average molecular weight is 85.1 g/mol. The lowest BCUT2D eigenvalue weighted by atomic mass is 10.4. The van der Waals surface area contributed by atoms with E-state index in [2.05, 4.69) is 0 Å². The van der Waals surface area contributed by atoms with E-state index in [1.165, 1.54) is 0 Å². The first-order valence-electron chi connectivity index (χ1n) is 1.59. The highest BCUT2D eigenvalue weighted by Gasteiger charge is 1.76. The maximum absolute atomic E-state index is 6.52. The fourth-order valence-corrected chi connectivity index (χ4v) is 0.110. The molecule has 0 aliphatic carbocycles. The van der Waals surface area contributed by atoms with Crippen molar-refractivity contribution in [1.29, 1.82) is 10.8 Å². The van der Waals surface area contributed by atoms with Gasteiger partial charge in [0, 0.05) is 12.6 Å². The Kier molecular flexibility index (Phi) is 2.04. The minimum Gasteiger partial charge on any atom is -0.387 e. The summed E-state index contributed by atoms with van der Waals surface area (Å²) < 4.78 is 0. The lowest BCUT2D eigenvalue weighted by Crippen LogP contribution is -2.08. The number of hydrogen-bond donors (Lipinski definition) is 3. The number of amidine groups is 1. The van der Waals surface area contributed by atoms with Gasteiger partial charge in [-0.2, -0.15) is 0 Å². The molecule has 4 N–H and O–H groups in total. The van der Waals surface area contributed by atoms with Crippen LogP contribution in [0, 0.1) is 10.8 Å². The van der Waals surface area contributed by atoms with Crippen LogP contribution in [0.5, 0.6) is 0 Å². The quantitative estimate of drug-likeness (QED) is 0.319. The number of hydrogen-bond acceptors (Lipinski definition) is 2. The molecule has 0 heterocycles. The van der Waals surface area contributed by atoms with Gasteiger partial charge in [0.05, 0.1) is 5.84 Å². The van der Waals surface area contributed by atoms with E-state index in [0.29, 0.717) is 0 Å². The molecule has 0 bridgehead atoms. The number of nitrogens with two attached hydrogens (primary N) is 1. The molecule has 0 aliphatic heterocycles. The molecule has 0 aromatic carbocycles. The molecule has 0 amide bonds. The van der Waals surface area contributed by atoms with E-state index in [-0.39, 0.29) is 12.3 Å². The predicted molar refractivity (Wildman–Crippen MR) is 25.3 cm³/mol. The fourth-order valence-electron chi connectivity index (χ4n) is 0.110. The van der Waals surface area contributed by atoms with Gasteiger partial charge in [0.15, 0.2) is 0 Å². The lowest BCUT2D eigenvalue weighted by molar-refractivity contribution is 1.35. The molecule has 0 saturated heterocycles. The van der Waals surface area contributed by atoms with Crippen molar-refractivity contribution in [2.75, 3.05) is 0 Å². The van der Waals surface area contributed by atoms with Gasteiger partial charge in [-0.25, -0.2) is 0 Å². The van der Waals surface area contributed by atoms with Crippen LogP contribution in [0.1, 0.15) is 6.42 Å². The van der Waals surface area contributed by atoms with Crippen LogP contribution in [0.2, 0.25) is 0 Å². The highest BCUT2D eigenvalue weighted by molar-refractivity contribution is 5.89. The highest BCUT2D eigenvalue weighted by atomic mass is 14.7. The summed E-state index contributed by atoms with van der Waals surface area (Å²) >= 11 is 0. The zero-order valence-corrected chi connectivity index (χ0v) is 3.36. The van der Waals surface area contributed by atoms with Crippen LogP contribution < -0.4 is 5.73 Å². The SMILES string of the molecule is N=CCC(=N)N. The van der Waals surface area contributed by atoms with Gasteiger partial charge in [-0.1, -0.05) is 0 Å². The lowest BCUT2D eigenvalue weighted by Gasteiger charge is -1.80. The summed E-state index contributed by atoms with van der Waals surface area (Å²) in [5, 5.41) is 12.9. The molecular formula is C3H7N3. The molecule has 34 valence electrons. The first kappa shape index (κ1) is 5.14. The molecule has 0 aliphatic rings. The third-order valence-electron chi connectivity index (χ3n) is 0.322. The summed E-state index contributed by atoms with van der Waals surface area (Å²) in [4.78, 5) is 0. The molecule has 0 aromatic rings. The van der Waals surface area contributed by atoms with Crippen molar-refractivity contribution < 1.29 is 0 Å². The van der Waals surface area contributed by atoms with Crippen LogP contribution in [-0.2, 0) is 0 Å². The predicted octanol–water partition coefficient (Wildman–Crippen LogP) is -0.0380. The van der Waals surface area contributed by atoms with Crippen LogP contribution in [0.4, 0.5) is 0 Å². The second-order valence-electron chi connectivity index (χ2n) is 0.933. The Hall–Kier alpha value is -0.860. The Bertz CT molecular complexity index is 66.4. The maximum Gasteiger partial charge on any atom is 0.0959 e. The van der Waals surface area contributed by atoms with E-state index in [9.17, 15) is 0 Å². The summed E-state index contributed by atoms with van der Waals surface area (Å²) in [5.74, 6) is 0.0463. The molecule has 0 fully saturated rings. The van der Waals surface area contributed by atoms with Gasteiger partial charge in [0.25, 0.3) is 0 Å².